The van der Waals surface area contributed by atoms with E-state index >= 15 is 0 Å². The highest BCUT2D eigenvalue weighted by Crippen LogP contribution is 2.10. The molecule has 122 valence electrons. The fraction of sp³-hybridized carbons (Fsp3) is 0.444. The molecule has 5 nitrogen and oxygen atoms in total. The molecule has 23 heavy (non-hydrogen) atoms. The molecule has 5 heteroatoms. The molecule has 0 spiro atoms. The first-order chi connectivity index (χ1) is 11.2. The van der Waals surface area contributed by atoms with E-state index in [4.69, 9.17) is 10.00 Å². The third-order valence-corrected chi connectivity index (χ3v) is 3.93. The minimum Gasteiger partial charge on any atom is -0.389 e. The van der Waals surface area contributed by atoms with Crippen LogP contribution in [0.25, 0.3) is 0 Å². The van der Waals surface area contributed by atoms with E-state index in [2.05, 4.69) is 29.7 Å². The minimum absolute atomic E-state index is 0.0768. The third kappa shape index (κ3) is 5.42. The van der Waals surface area contributed by atoms with E-state index in [1.165, 1.54) is 17.3 Å². The van der Waals surface area contributed by atoms with Crippen molar-refractivity contribution in [2.75, 3.05) is 19.7 Å². The van der Waals surface area contributed by atoms with Crippen LogP contribution in [0.5, 0.6) is 0 Å². The van der Waals surface area contributed by atoms with Gasteiger partial charge < -0.3 is 15.4 Å². The van der Waals surface area contributed by atoms with Gasteiger partial charge >= 0.3 is 0 Å². The first-order valence-corrected chi connectivity index (χ1v) is 7.98. The van der Waals surface area contributed by atoms with E-state index in [1.807, 2.05) is 18.2 Å². The standard InChI is InChI=1S/C18H23N3O2/c1-14-5-2-3-6-15(14)8-9-20-12-16(11-19)18(22)21-13-17-7-4-10-23-17/h2-3,5-6,12,17,20H,4,7-10,13H2,1H3,(H,21,22)/b16-12-. The van der Waals surface area contributed by atoms with Gasteiger partial charge in [-0.15, -0.1) is 0 Å². The second-order valence-electron chi connectivity index (χ2n) is 5.65. The lowest BCUT2D eigenvalue weighted by molar-refractivity contribution is -0.117. The van der Waals surface area contributed by atoms with E-state index in [9.17, 15) is 4.79 Å². The molecule has 1 saturated heterocycles. The van der Waals surface area contributed by atoms with Gasteiger partial charge in [-0.1, -0.05) is 24.3 Å². The maximum Gasteiger partial charge on any atom is 0.263 e. The molecule has 1 amide bonds. The summed E-state index contributed by atoms with van der Waals surface area (Å²) in [5.74, 6) is -0.355. The molecular formula is C18H23N3O2. The zero-order chi connectivity index (χ0) is 16.5. The van der Waals surface area contributed by atoms with Gasteiger partial charge in [0.2, 0.25) is 0 Å². The molecule has 1 unspecified atom stereocenters. The van der Waals surface area contributed by atoms with Crippen LogP contribution in [0.4, 0.5) is 0 Å². The first kappa shape index (κ1) is 17.0. The van der Waals surface area contributed by atoms with Gasteiger partial charge in [-0.05, 0) is 37.3 Å². The zero-order valence-electron chi connectivity index (χ0n) is 13.5. The maximum atomic E-state index is 12.0. The molecule has 1 aromatic rings. The number of amides is 1. The summed E-state index contributed by atoms with van der Waals surface area (Å²) in [4.78, 5) is 12.0. The summed E-state index contributed by atoms with van der Waals surface area (Å²) in [5.41, 5.74) is 2.59. The Balaban J connectivity index is 1.75. The number of ether oxygens (including phenoxy) is 1. The van der Waals surface area contributed by atoms with Crippen molar-refractivity contribution in [3.8, 4) is 6.07 Å². The molecule has 0 bridgehead atoms. The van der Waals surface area contributed by atoms with Crippen LogP contribution in [0.3, 0.4) is 0 Å². The number of nitrogens with zero attached hydrogens (tertiary/aromatic N) is 1. The third-order valence-electron chi connectivity index (χ3n) is 3.93. The highest BCUT2D eigenvalue weighted by molar-refractivity contribution is 5.97. The van der Waals surface area contributed by atoms with Gasteiger partial charge in [-0.3, -0.25) is 4.79 Å². The van der Waals surface area contributed by atoms with E-state index in [0.717, 1.165) is 25.9 Å². The normalized spacial score (nSPS) is 17.6. The summed E-state index contributed by atoms with van der Waals surface area (Å²) in [5, 5.41) is 14.9. The van der Waals surface area contributed by atoms with Gasteiger partial charge in [-0.25, -0.2) is 0 Å². The maximum absolute atomic E-state index is 12.0. The second-order valence-corrected chi connectivity index (χ2v) is 5.65. The quantitative estimate of drug-likeness (QED) is 0.457. The van der Waals surface area contributed by atoms with Crippen LogP contribution in [-0.4, -0.2) is 31.7 Å². The monoisotopic (exact) mass is 313 g/mol. The summed E-state index contributed by atoms with van der Waals surface area (Å²) in [6.07, 6.45) is 4.40. The van der Waals surface area contributed by atoms with Crippen molar-refractivity contribution in [3.05, 3.63) is 47.2 Å². The first-order valence-electron chi connectivity index (χ1n) is 7.98. The van der Waals surface area contributed by atoms with Crippen LogP contribution in [0.2, 0.25) is 0 Å². The molecular weight excluding hydrogens is 290 g/mol. The van der Waals surface area contributed by atoms with Crippen molar-refractivity contribution in [1.29, 1.82) is 5.26 Å². The lowest BCUT2D eigenvalue weighted by Gasteiger charge is -2.10. The van der Waals surface area contributed by atoms with Gasteiger partial charge in [0.25, 0.3) is 5.91 Å². The highest BCUT2D eigenvalue weighted by atomic mass is 16.5. The van der Waals surface area contributed by atoms with Crippen LogP contribution in [0.1, 0.15) is 24.0 Å². The number of benzene rings is 1. The molecule has 0 aromatic heterocycles. The van der Waals surface area contributed by atoms with Crippen LogP contribution < -0.4 is 10.6 Å². The number of carbonyl (C=O) groups is 1. The number of hydrogen-bond donors (Lipinski definition) is 2. The van der Waals surface area contributed by atoms with Crippen molar-refractivity contribution < 1.29 is 9.53 Å². The lowest BCUT2D eigenvalue weighted by atomic mass is 10.1. The Hall–Kier alpha value is -2.32. The summed E-state index contributed by atoms with van der Waals surface area (Å²) in [6, 6.07) is 10.1. The summed E-state index contributed by atoms with van der Waals surface area (Å²) >= 11 is 0. The van der Waals surface area contributed by atoms with Crippen molar-refractivity contribution in [2.24, 2.45) is 0 Å². The Labute approximate surface area is 137 Å². The number of nitrogens with one attached hydrogen (secondary N) is 2. The van der Waals surface area contributed by atoms with Gasteiger partial charge in [0.1, 0.15) is 11.6 Å². The van der Waals surface area contributed by atoms with Gasteiger partial charge in [0, 0.05) is 25.9 Å². The Bertz CT molecular complexity index is 599. The highest BCUT2D eigenvalue weighted by Gasteiger charge is 2.17. The predicted octanol–water partition coefficient (Wildman–Crippen LogP) is 1.83. The molecule has 2 N–H and O–H groups in total. The van der Waals surface area contributed by atoms with Crippen molar-refractivity contribution in [2.45, 2.75) is 32.3 Å². The smallest absolute Gasteiger partial charge is 0.263 e. The van der Waals surface area contributed by atoms with Gasteiger partial charge in [0.15, 0.2) is 0 Å². The van der Waals surface area contributed by atoms with Crippen LogP contribution in [0.15, 0.2) is 36.0 Å². The van der Waals surface area contributed by atoms with Gasteiger partial charge in [-0.2, -0.15) is 5.26 Å². The average molecular weight is 313 g/mol. The van der Waals surface area contributed by atoms with E-state index in [-0.39, 0.29) is 17.6 Å². The van der Waals surface area contributed by atoms with Crippen molar-refractivity contribution in [1.82, 2.24) is 10.6 Å². The fourth-order valence-electron chi connectivity index (χ4n) is 2.53. The van der Waals surface area contributed by atoms with E-state index in [1.54, 1.807) is 0 Å². The molecule has 0 aliphatic carbocycles. The number of nitriles is 1. The summed E-state index contributed by atoms with van der Waals surface area (Å²) in [7, 11) is 0. The number of carbonyl (C=O) groups excluding carboxylic acids is 1. The molecule has 1 atom stereocenters. The molecule has 1 aliphatic heterocycles. The number of aryl methyl sites for hydroxylation is 1. The molecule has 1 aliphatic rings. The Morgan fingerprint density at radius 3 is 3.00 bits per heavy atom. The number of rotatable bonds is 7. The van der Waals surface area contributed by atoms with E-state index in [0.29, 0.717) is 13.1 Å². The van der Waals surface area contributed by atoms with Crippen LogP contribution in [-0.2, 0) is 16.0 Å². The average Bonchev–Trinajstić information content (AvgIpc) is 3.08. The zero-order valence-corrected chi connectivity index (χ0v) is 13.5. The molecule has 1 aromatic carbocycles. The molecule has 2 rings (SSSR count). The minimum atomic E-state index is -0.355. The second kappa shape index (κ2) is 8.96. The summed E-state index contributed by atoms with van der Waals surface area (Å²) < 4.78 is 5.44. The van der Waals surface area contributed by atoms with Gasteiger partial charge in [0.05, 0.1) is 6.10 Å². The SMILES string of the molecule is Cc1ccccc1CCN/C=C(/C#N)C(=O)NCC1CCCO1. The summed E-state index contributed by atoms with van der Waals surface area (Å²) in [6.45, 7) is 3.96. The number of hydrogen-bond acceptors (Lipinski definition) is 4. The Kier molecular flexibility index (Phi) is 6.64. The molecule has 0 saturated carbocycles. The Morgan fingerprint density at radius 1 is 1.48 bits per heavy atom. The van der Waals surface area contributed by atoms with Crippen LogP contribution in [0, 0.1) is 18.3 Å². The Morgan fingerprint density at radius 2 is 2.30 bits per heavy atom. The van der Waals surface area contributed by atoms with Crippen molar-refractivity contribution in [3.63, 3.8) is 0 Å². The topological polar surface area (TPSA) is 74.2 Å². The lowest BCUT2D eigenvalue weighted by Crippen LogP contribution is -2.33. The predicted molar refractivity (Wildman–Crippen MR) is 88.6 cm³/mol. The van der Waals surface area contributed by atoms with Crippen molar-refractivity contribution >= 4 is 5.91 Å². The van der Waals surface area contributed by atoms with E-state index < -0.39 is 0 Å². The molecule has 1 fully saturated rings. The molecule has 1 heterocycles. The molecule has 0 radical (unpaired) electrons. The fourth-order valence-corrected chi connectivity index (χ4v) is 2.53. The largest absolute Gasteiger partial charge is 0.389 e. The van der Waals surface area contributed by atoms with Crippen LogP contribution >= 0.6 is 0 Å².